The zero-order valence-corrected chi connectivity index (χ0v) is 14.3. The summed E-state index contributed by atoms with van der Waals surface area (Å²) in [4.78, 5) is 33.6. The van der Waals surface area contributed by atoms with Gasteiger partial charge in [0.2, 0.25) is 5.91 Å². The van der Waals surface area contributed by atoms with Crippen LogP contribution in [0.3, 0.4) is 0 Å². The first-order chi connectivity index (χ1) is 11.6. The standard InChI is InChI=1S/C19H25N3O2/c1-14-3-6-16(11-20-14)18(24)21-10-2-8-19(13-21)9-7-17(23)22(19)12-15-4-5-15/h3,6,11,15H,2,4-5,7-10,12-13H2,1H3/t19-/m1/s1. The van der Waals surface area contributed by atoms with Gasteiger partial charge in [-0.25, -0.2) is 0 Å². The monoisotopic (exact) mass is 327 g/mol. The fourth-order valence-corrected chi connectivity index (χ4v) is 4.22. The van der Waals surface area contributed by atoms with Crippen LogP contribution < -0.4 is 0 Å². The van der Waals surface area contributed by atoms with Gasteiger partial charge in [-0.1, -0.05) is 0 Å². The molecule has 0 N–H and O–H groups in total. The van der Waals surface area contributed by atoms with Gasteiger partial charge in [-0.2, -0.15) is 0 Å². The van der Waals surface area contributed by atoms with Crippen LogP contribution in [0.2, 0.25) is 0 Å². The van der Waals surface area contributed by atoms with Crippen molar-refractivity contribution < 1.29 is 9.59 Å². The Morgan fingerprint density at radius 3 is 2.88 bits per heavy atom. The summed E-state index contributed by atoms with van der Waals surface area (Å²) in [5, 5.41) is 0. The molecule has 24 heavy (non-hydrogen) atoms. The van der Waals surface area contributed by atoms with Crippen molar-refractivity contribution in [1.29, 1.82) is 0 Å². The van der Waals surface area contributed by atoms with Gasteiger partial charge in [-0.05, 0) is 57.1 Å². The molecule has 0 unspecified atom stereocenters. The van der Waals surface area contributed by atoms with Crippen LogP contribution in [0.4, 0.5) is 0 Å². The van der Waals surface area contributed by atoms with Crippen LogP contribution in [0.15, 0.2) is 18.3 Å². The minimum absolute atomic E-state index is 0.0484. The molecule has 1 atom stereocenters. The van der Waals surface area contributed by atoms with E-state index in [1.54, 1.807) is 6.20 Å². The molecule has 0 aromatic carbocycles. The summed E-state index contributed by atoms with van der Waals surface area (Å²) in [6, 6.07) is 3.74. The van der Waals surface area contributed by atoms with E-state index in [1.807, 2.05) is 24.0 Å². The van der Waals surface area contributed by atoms with Crippen molar-refractivity contribution in [1.82, 2.24) is 14.8 Å². The molecular weight excluding hydrogens is 302 g/mol. The van der Waals surface area contributed by atoms with Crippen LogP contribution in [0, 0.1) is 12.8 Å². The average molecular weight is 327 g/mol. The molecule has 5 nitrogen and oxygen atoms in total. The van der Waals surface area contributed by atoms with Gasteiger partial charge in [-0.3, -0.25) is 14.6 Å². The van der Waals surface area contributed by atoms with Gasteiger partial charge in [0, 0.05) is 37.9 Å². The number of rotatable bonds is 3. The predicted octanol–water partition coefficient (Wildman–Crippen LogP) is 2.40. The highest BCUT2D eigenvalue weighted by Crippen LogP contribution is 2.41. The van der Waals surface area contributed by atoms with E-state index >= 15 is 0 Å². The SMILES string of the molecule is Cc1ccc(C(=O)N2CCC[C@@]3(CCC(=O)N3CC3CC3)C2)cn1. The molecule has 1 spiro atoms. The summed E-state index contributed by atoms with van der Waals surface area (Å²) >= 11 is 0. The molecule has 4 rings (SSSR count). The molecular formula is C19H25N3O2. The molecule has 3 fully saturated rings. The van der Waals surface area contributed by atoms with Crippen LogP contribution in [0.25, 0.3) is 0 Å². The molecule has 2 amide bonds. The molecule has 0 bridgehead atoms. The van der Waals surface area contributed by atoms with E-state index in [0.29, 0.717) is 24.4 Å². The zero-order chi connectivity index (χ0) is 16.7. The first-order valence-corrected chi connectivity index (χ1v) is 9.10. The third-order valence-electron chi connectivity index (χ3n) is 5.82. The second-order valence-electron chi connectivity index (χ2n) is 7.69. The van der Waals surface area contributed by atoms with Crippen molar-refractivity contribution in [2.24, 2.45) is 5.92 Å². The average Bonchev–Trinajstić information content (AvgIpc) is 3.37. The highest BCUT2D eigenvalue weighted by molar-refractivity contribution is 5.94. The lowest BCUT2D eigenvalue weighted by Crippen LogP contribution is -2.58. The Balaban J connectivity index is 1.53. The van der Waals surface area contributed by atoms with E-state index in [9.17, 15) is 9.59 Å². The number of nitrogens with zero attached hydrogens (tertiary/aromatic N) is 3. The summed E-state index contributed by atoms with van der Waals surface area (Å²) < 4.78 is 0. The Bertz CT molecular complexity index is 653. The third kappa shape index (κ3) is 2.80. The Morgan fingerprint density at radius 2 is 2.17 bits per heavy atom. The van der Waals surface area contributed by atoms with E-state index in [2.05, 4.69) is 9.88 Å². The van der Waals surface area contributed by atoms with Crippen molar-refractivity contribution >= 4 is 11.8 Å². The Hall–Kier alpha value is -1.91. The second-order valence-corrected chi connectivity index (χ2v) is 7.69. The van der Waals surface area contributed by atoms with Gasteiger partial charge in [0.25, 0.3) is 5.91 Å². The van der Waals surface area contributed by atoms with Crippen LogP contribution >= 0.6 is 0 Å². The first-order valence-electron chi connectivity index (χ1n) is 9.10. The lowest BCUT2D eigenvalue weighted by atomic mass is 9.86. The molecule has 1 aliphatic carbocycles. The summed E-state index contributed by atoms with van der Waals surface area (Å²) in [5.74, 6) is 1.02. The molecule has 5 heteroatoms. The fourth-order valence-electron chi connectivity index (χ4n) is 4.22. The molecule has 2 aliphatic heterocycles. The number of aryl methyl sites for hydroxylation is 1. The molecule has 2 saturated heterocycles. The van der Waals surface area contributed by atoms with Crippen molar-refractivity contribution in [3.63, 3.8) is 0 Å². The number of aromatic nitrogens is 1. The van der Waals surface area contributed by atoms with E-state index in [4.69, 9.17) is 0 Å². The number of hydrogen-bond acceptors (Lipinski definition) is 3. The van der Waals surface area contributed by atoms with E-state index in [-0.39, 0.29) is 17.4 Å². The lowest BCUT2D eigenvalue weighted by molar-refractivity contribution is -0.132. The molecule has 3 aliphatic rings. The number of likely N-dealkylation sites (tertiary alicyclic amines) is 2. The minimum Gasteiger partial charge on any atom is -0.336 e. The number of carbonyl (C=O) groups excluding carboxylic acids is 2. The van der Waals surface area contributed by atoms with Gasteiger partial charge in [-0.15, -0.1) is 0 Å². The zero-order valence-electron chi connectivity index (χ0n) is 14.3. The first kappa shape index (κ1) is 15.6. The number of hydrogen-bond donors (Lipinski definition) is 0. The predicted molar refractivity (Wildman–Crippen MR) is 90.5 cm³/mol. The smallest absolute Gasteiger partial charge is 0.255 e. The van der Waals surface area contributed by atoms with Crippen LogP contribution in [-0.2, 0) is 4.79 Å². The molecule has 1 aromatic heterocycles. The second kappa shape index (κ2) is 5.87. The summed E-state index contributed by atoms with van der Waals surface area (Å²) in [6.45, 7) is 4.27. The third-order valence-corrected chi connectivity index (χ3v) is 5.82. The van der Waals surface area contributed by atoms with E-state index in [0.717, 1.165) is 38.0 Å². The highest BCUT2D eigenvalue weighted by atomic mass is 16.2. The van der Waals surface area contributed by atoms with Crippen LogP contribution in [-0.4, -0.2) is 51.8 Å². The number of pyridine rings is 1. The molecule has 0 radical (unpaired) electrons. The molecule has 128 valence electrons. The highest BCUT2D eigenvalue weighted by Gasteiger charge is 2.49. The van der Waals surface area contributed by atoms with Crippen molar-refractivity contribution in [2.75, 3.05) is 19.6 Å². The maximum Gasteiger partial charge on any atom is 0.255 e. The summed E-state index contributed by atoms with van der Waals surface area (Å²) in [5.41, 5.74) is 1.44. The van der Waals surface area contributed by atoms with Gasteiger partial charge in [0.05, 0.1) is 11.1 Å². The van der Waals surface area contributed by atoms with Gasteiger partial charge >= 0.3 is 0 Å². The lowest BCUT2D eigenvalue weighted by Gasteiger charge is -2.46. The maximum absolute atomic E-state index is 12.9. The Kier molecular flexibility index (Phi) is 3.82. The number of piperidine rings is 1. The largest absolute Gasteiger partial charge is 0.336 e. The molecule has 1 aromatic rings. The van der Waals surface area contributed by atoms with Crippen molar-refractivity contribution in [3.05, 3.63) is 29.6 Å². The quantitative estimate of drug-likeness (QED) is 0.856. The van der Waals surface area contributed by atoms with Gasteiger partial charge < -0.3 is 9.80 Å². The molecule has 1 saturated carbocycles. The summed E-state index contributed by atoms with van der Waals surface area (Å²) in [6.07, 6.45) is 7.70. The topological polar surface area (TPSA) is 53.5 Å². The number of amides is 2. The Labute approximate surface area is 143 Å². The van der Waals surface area contributed by atoms with Gasteiger partial charge in [0.15, 0.2) is 0 Å². The van der Waals surface area contributed by atoms with Crippen molar-refractivity contribution in [2.45, 2.75) is 51.0 Å². The van der Waals surface area contributed by atoms with Crippen LogP contribution in [0.1, 0.15) is 54.6 Å². The molecule has 3 heterocycles. The number of carbonyl (C=O) groups is 2. The maximum atomic E-state index is 12.9. The minimum atomic E-state index is -0.119. The summed E-state index contributed by atoms with van der Waals surface area (Å²) in [7, 11) is 0. The van der Waals surface area contributed by atoms with E-state index < -0.39 is 0 Å². The van der Waals surface area contributed by atoms with E-state index in [1.165, 1.54) is 12.8 Å². The van der Waals surface area contributed by atoms with Crippen molar-refractivity contribution in [3.8, 4) is 0 Å². The normalized spacial score (nSPS) is 27.1. The van der Waals surface area contributed by atoms with Crippen LogP contribution in [0.5, 0.6) is 0 Å². The van der Waals surface area contributed by atoms with Gasteiger partial charge in [0.1, 0.15) is 0 Å². The Morgan fingerprint density at radius 1 is 1.33 bits per heavy atom. The fraction of sp³-hybridized carbons (Fsp3) is 0.632.